The Bertz CT molecular complexity index is 393. The molecule has 5 heteroatoms. The average Bonchev–Trinajstić information content (AvgIpc) is 2.97. The minimum atomic E-state index is 0.366. The lowest BCUT2D eigenvalue weighted by Gasteiger charge is -2.08. The second-order valence-corrected chi connectivity index (χ2v) is 4.63. The van der Waals surface area contributed by atoms with Crippen LogP contribution in [0.5, 0.6) is 0 Å². The van der Waals surface area contributed by atoms with Crippen LogP contribution in [-0.2, 0) is 0 Å². The van der Waals surface area contributed by atoms with Crippen molar-refractivity contribution >= 4 is 23.0 Å². The standard InChI is InChI=1S/C11H16N4S/c1-2-3-7-6-9(7)14-11-8(10(12)16)4-5-13-15-11/h4-5,7,9H,2-3,6H2,1H3,(H2,12,16)(H,14,15). The van der Waals surface area contributed by atoms with Crippen LogP contribution in [0.1, 0.15) is 31.7 Å². The third-order valence-corrected chi connectivity index (χ3v) is 3.11. The van der Waals surface area contributed by atoms with Gasteiger partial charge in [-0.1, -0.05) is 25.6 Å². The molecule has 0 aliphatic heterocycles. The van der Waals surface area contributed by atoms with Gasteiger partial charge >= 0.3 is 0 Å². The molecule has 0 spiro atoms. The largest absolute Gasteiger partial charge is 0.389 e. The summed E-state index contributed by atoms with van der Waals surface area (Å²) in [4.78, 5) is 0.366. The first-order valence-electron chi connectivity index (χ1n) is 5.60. The van der Waals surface area contributed by atoms with Gasteiger partial charge in [0.25, 0.3) is 0 Å². The summed E-state index contributed by atoms with van der Waals surface area (Å²) in [5.74, 6) is 1.49. The molecule has 16 heavy (non-hydrogen) atoms. The Morgan fingerprint density at radius 3 is 3.19 bits per heavy atom. The predicted octanol–water partition coefficient (Wildman–Crippen LogP) is 1.71. The van der Waals surface area contributed by atoms with Crippen LogP contribution in [0.15, 0.2) is 12.3 Å². The summed E-state index contributed by atoms with van der Waals surface area (Å²) in [7, 11) is 0. The second kappa shape index (κ2) is 4.74. The fourth-order valence-electron chi connectivity index (χ4n) is 1.93. The van der Waals surface area contributed by atoms with Crippen molar-refractivity contribution in [2.45, 2.75) is 32.2 Å². The number of thiocarbonyl (C=S) groups is 1. The minimum Gasteiger partial charge on any atom is -0.389 e. The lowest BCUT2D eigenvalue weighted by Crippen LogP contribution is -2.16. The average molecular weight is 236 g/mol. The number of nitrogens with zero attached hydrogens (tertiary/aromatic N) is 2. The number of nitrogens with two attached hydrogens (primary N) is 1. The van der Waals surface area contributed by atoms with E-state index < -0.39 is 0 Å². The molecule has 2 atom stereocenters. The highest BCUT2D eigenvalue weighted by Gasteiger charge is 2.36. The van der Waals surface area contributed by atoms with Crippen LogP contribution in [-0.4, -0.2) is 21.2 Å². The van der Waals surface area contributed by atoms with E-state index in [4.69, 9.17) is 18.0 Å². The molecular weight excluding hydrogens is 220 g/mol. The fourth-order valence-corrected chi connectivity index (χ4v) is 2.09. The van der Waals surface area contributed by atoms with Gasteiger partial charge in [0, 0.05) is 6.04 Å². The zero-order valence-corrected chi connectivity index (χ0v) is 10.1. The van der Waals surface area contributed by atoms with E-state index in [0.29, 0.717) is 11.0 Å². The molecule has 1 aliphatic carbocycles. The lowest BCUT2D eigenvalue weighted by atomic mass is 10.2. The van der Waals surface area contributed by atoms with E-state index in [0.717, 1.165) is 17.3 Å². The molecule has 86 valence electrons. The van der Waals surface area contributed by atoms with E-state index in [-0.39, 0.29) is 0 Å². The zero-order chi connectivity index (χ0) is 11.5. The molecule has 1 saturated carbocycles. The molecule has 0 aromatic carbocycles. The summed E-state index contributed by atoms with van der Waals surface area (Å²) in [6, 6.07) is 2.32. The van der Waals surface area contributed by atoms with E-state index in [1.165, 1.54) is 19.3 Å². The van der Waals surface area contributed by atoms with Crippen molar-refractivity contribution in [3.8, 4) is 0 Å². The molecule has 1 fully saturated rings. The van der Waals surface area contributed by atoms with Crippen molar-refractivity contribution in [3.05, 3.63) is 17.8 Å². The summed E-state index contributed by atoms with van der Waals surface area (Å²) in [5.41, 5.74) is 6.41. The third kappa shape index (κ3) is 2.47. The van der Waals surface area contributed by atoms with Gasteiger partial charge in [0.2, 0.25) is 0 Å². The van der Waals surface area contributed by atoms with Gasteiger partial charge in [0.1, 0.15) is 4.99 Å². The SMILES string of the molecule is CCCC1CC1Nc1nnccc1C(N)=S. The van der Waals surface area contributed by atoms with E-state index in [9.17, 15) is 0 Å². The first-order valence-corrected chi connectivity index (χ1v) is 6.01. The molecule has 0 amide bonds. The van der Waals surface area contributed by atoms with Crippen LogP contribution >= 0.6 is 12.2 Å². The van der Waals surface area contributed by atoms with Gasteiger partial charge in [0.05, 0.1) is 11.8 Å². The fraction of sp³-hybridized carbons (Fsp3) is 0.545. The van der Waals surface area contributed by atoms with Crippen molar-refractivity contribution in [2.75, 3.05) is 5.32 Å². The van der Waals surface area contributed by atoms with Crippen LogP contribution < -0.4 is 11.1 Å². The highest BCUT2D eigenvalue weighted by molar-refractivity contribution is 7.80. The van der Waals surface area contributed by atoms with Crippen LogP contribution in [0.25, 0.3) is 0 Å². The van der Waals surface area contributed by atoms with Gasteiger partial charge in [-0.25, -0.2) is 0 Å². The molecule has 3 N–H and O–H groups in total. The zero-order valence-electron chi connectivity index (χ0n) is 9.31. The monoisotopic (exact) mass is 236 g/mol. The van der Waals surface area contributed by atoms with Crippen molar-refractivity contribution in [1.82, 2.24) is 10.2 Å². The summed E-state index contributed by atoms with van der Waals surface area (Å²) in [6.45, 7) is 2.21. The number of hydrogen-bond acceptors (Lipinski definition) is 4. The van der Waals surface area contributed by atoms with Gasteiger partial charge in [-0.05, 0) is 24.8 Å². The van der Waals surface area contributed by atoms with E-state index >= 15 is 0 Å². The maximum Gasteiger partial charge on any atom is 0.159 e. The maximum absolute atomic E-state index is 5.63. The molecule has 0 bridgehead atoms. The van der Waals surface area contributed by atoms with Crippen LogP contribution in [0.4, 0.5) is 5.82 Å². The Balaban J connectivity index is 2.02. The van der Waals surface area contributed by atoms with Crippen molar-refractivity contribution in [2.24, 2.45) is 11.7 Å². The minimum absolute atomic E-state index is 0.366. The molecular formula is C11H16N4S. The summed E-state index contributed by atoms with van der Waals surface area (Å²) in [6.07, 6.45) is 5.31. The summed E-state index contributed by atoms with van der Waals surface area (Å²) >= 11 is 4.97. The quantitative estimate of drug-likeness (QED) is 0.762. The molecule has 0 radical (unpaired) electrons. The Hall–Kier alpha value is -1.23. The molecule has 4 nitrogen and oxygen atoms in total. The van der Waals surface area contributed by atoms with Gasteiger partial charge in [0.15, 0.2) is 5.82 Å². The highest BCUT2D eigenvalue weighted by Crippen LogP contribution is 2.37. The molecule has 2 rings (SSSR count). The van der Waals surface area contributed by atoms with E-state index in [2.05, 4.69) is 22.4 Å². The molecule has 1 aromatic heterocycles. The van der Waals surface area contributed by atoms with Crippen LogP contribution in [0, 0.1) is 5.92 Å². The molecule has 1 heterocycles. The van der Waals surface area contributed by atoms with Gasteiger partial charge in [-0.3, -0.25) is 0 Å². The summed E-state index contributed by atoms with van der Waals surface area (Å²) < 4.78 is 0. The van der Waals surface area contributed by atoms with Crippen LogP contribution in [0.2, 0.25) is 0 Å². The number of rotatable bonds is 5. The maximum atomic E-state index is 5.63. The number of aromatic nitrogens is 2. The number of hydrogen-bond donors (Lipinski definition) is 2. The Labute approximate surface area is 101 Å². The molecule has 1 aliphatic rings. The van der Waals surface area contributed by atoms with Crippen molar-refractivity contribution in [3.63, 3.8) is 0 Å². The van der Waals surface area contributed by atoms with E-state index in [1.807, 2.05) is 0 Å². The van der Waals surface area contributed by atoms with Gasteiger partial charge in [-0.2, -0.15) is 5.10 Å². The van der Waals surface area contributed by atoms with Crippen molar-refractivity contribution < 1.29 is 0 Å². The van der Waals surface area contributed by atoms with E-state index in [1.54, 1.807) is 12.3 Å². The topological polar surface area (TPSA) is 63.8 Å². The first-order chi connectivity index (χ1) is 7.72. The smallest absolute Gasteiger partial charge is 0.159 e. The van der Waals surface area contributed by atoms with Crippen molar-refractivity contribution in [1.29, 1.82) is 0 Å². The lowest BCUT2D eigenvalue weighted by molar-refractivity contribution is 0.691. The van der Waals surface area contributed by atoms with Gasteiger partial charge < -0.3 is 11.1 Å². The Morgan fingerprint density at radius 1 is 1.69 bits per heavy atom. The predicted molar refractivity (Wildman–Crippen MR) is 68.3 cm³/mol. The number of anilines is 1. The first kappa shape index (κ1) is 11.3. The third-order valence-electron chi connectivity index (χ3n) is 2.89. The normalized spacial score (nSPS) is 22.8. The summed E-state index contributed by atoms with van der Waals surface area (Å²) in [5, 5.41) is 11.3. The Kier molecular flexibility index (Phi) is 3.33. The van der Waals surface area contributed by atoms with Gasteiger partial charge in [-0.15, -0.1) is 5.10 Å². The second-order valence-electron chi connectivity index (χ2n) is 4.19. The molecule has 2 unspecified atom stereocenters. The molecule has 1 aromatic rings. The highest BCUT2D eigenvalue weighted by atomic mass is 32.1. The van der Waals surface area contributed by atoms with Crippen LogP contribution in [0.3, 0.4) is 0 Å². The molecule has 0 saturated heterocycles. The number of nitrogens with one attached hydrogen (secondary N) is 1. The Morgan fingerprint density at radius 2 is 2.50 bits per heavy atom.